The van der Waals surface area contributed by atoms with Crippen LogP contribution in [-0.4, -0.2) is 43.2 Å². The van der Waals surface area contributed by atoms with Gasteiger partial charge in [0.2, 0.25) is 0 Å². The highest BCUT2D eigenvalue weighted by Crippen LogP contribution is 2.52. The Hall–Kier alpha value is -13.6. The van der Waals surface area contributed by atoms with Gasteiger partial charge in [-0.15, -0.1) is 0 Å². The molecule has 0 saturated heterocycles. The molecule has 0 fully saturated rings. The number of fused-ring (bicyclic) bond motifs is 12. The molecule has 0 aliphatic rings. The van der Waals surface area contributed by atoms with Crippen molar-refractivity contribution in [2.75, 3.05) is 0 Å². The summed E-state index contributed by atoms with van der Waals surface area (Å²) in [6, 6.07) is 116. The smallest absolute Gasteiger partial charge is 0.164 e. The molecule has 9 nitrogen and oxygen atoms in total. The largest absolute Gasteiger partial charge is 0.309 e. The van der Waals surface area contributed by atoms with Crippen molar-refractivity contribution in [2.45, 2.75) is 20.8 Å². The van der Waals surface area contributed by atoms with Gasteiger partial charge in [0, 0.05) is 99.9 Å². The van der Waals surface area contributed by atoms with Crippen LogP contribution in [0.4, 0.5) is 0 Å². The number of benzene rings is 13. The lowest BCUT2D eigenvalue weighted by Gasteiger charge is -2.25. The van der Waals surface area contributed by atoms with Gasteiger partial charge in [-0.05, 0) is 147 Å². The van der Waals surface area contributed by atoms with Crippen LogP contribution in [0.5, 0.6) is 0 Å². The Balaban J connectivity index is 0.929. The highest BCUT2D eigenvalue weighted by atomic mass is 15.1. The second kappa shape index (κ2) is 23.8. The zero-order chi connectivity index (χ0) is 68.4. The van der Waals surface area contributed by atoms with Crippen molar-refractivity contribution in [2.24, 2.45) is 0 Å². The molecular weight excluding hydrogens is 1260 g/mol. The van der Waals surface area contributed by atoms with Crippen LogP contribution >= 0.6 is 0 Å². The summed E-state index contributed by atoms with van der Waals surface area (Å²) in [5, 5.41) is 8.29. The van der Waals surface area contributed by atoms with Gasteiger partial charge in [-0.25, -0.2) is 19.9 Å². The quantitative estimate of drug-likeness (QED) is 0.129. The molecule has 0 spiro atoms. The highest BCUT2D eigenvalue weighted by molar-refractivity contribution is 6.14. The number of hydrogen-bond donors (Lipinski definition) is 0. The van der Waals surface area contributed by atoms with Crippen LogP contribution in [0.1, 0.15) is 16.7 Å². The average molecular weight is 1320 g/mol. The van der Waals surface area contributed by atoms with Crippen molar-refractivity contribution in [1.82, 2.24) is 43.2 Å². The van der Waals surface area contributed by atoms with Gasteiger partial charge < -0.3 is 13.7 Å². The number of aryl methyl sites for hydroxylation is 3. The molecular formula is C94H63N9. The molecule has 0 saturated carbocycles. The van der Waals surface area contributed by atoms with Gasteiger partial charge in [0.25, 0.3) is 0 Å². The van der Waals surface area contributed by atoms with Crippen molar-refractivity contribution >= 4 is 87.4 Å². The second-order valence-corrected chi connectivity index (χ2v) is 27.0. The molecule has 103 heavy (non-hydrogen) atoms. The second-order valence-electron chi connectivity index (χ2n) is 27.0. The van der Waals surface area contributed by atoms with Crippen LogP contribution in [0, 0.1) is 20.8 Å². The van der Waals surface area contributed by atoms with E-state index in [9.17, 15) is 0 Å². The first-order valence-electron chi connectivity index (χ1n) is 35.0. The number of hydrogen-bond acceptors (Lipinski definition) is 5. The van der Waals surface area contributed by atoms with Crippen molar-refractivity contribution < 1.29 is 0 Å². The Morgan fingerprint density at radius 3 is 1.08 bits per heavy atom. The third-order valence-electron chi connectivity index (χ3n) is 20.7. The third kappa shape index (κ3) is 9.65. The molecule has 0 aliphatic carbocycles. The van der Waals surface area contributed by atoms with Crippen molar-refractivity contribution in [3.05, 3.63) is 344 Å². The molecule has 0 unspecified atom stereocenters. The van der Waals surface area contributed by atoms with Crippen molar-refractivity contribution in [3.8, 4) is 102 Å². The van der Waals surface area contributed by atoms with Gasteiger partial charge in [0.05, 0.1) is 55.3 Å². The van der Waals surface area contributed by atoms with E-state index in [0.717, 1.165) is 139 Å². The maximum Gasteiger partial charge on any atom is 0.164 e. The van der Waals surface area contributed by atoms with E-state index in [1.165, 1.54) is 49.0 Å². The first-order chi connectivity index (χ1) is 50.8. The molecule has 20 rings (SSSR count). The van der Waals surface area contributed by atoms with Gasteiger partial charge in [0.1, 0.15) is 5.82 Å². The summed E-state index contributed by atoms with van der Waals surface area (Å²) in [7, 11) is 0. The minimum Gasteiger partial charge on any atom is -0.309 e. The van der Waals surface area contributed by atoms with E-state index >= 15 is 0 Å². The Bertz CT molecular complexity index is 6690. The topological polar surface area (TPSA) is 84.2 Å². The maximum absolute atomic E-state index is 6.34. The van der Waals surface area contributed by atoms with E-state index in [1.54, 1.807) is 0 Å². The van der Waals surface area contributed by atoms with Crippen LogP contribution in [0.15, 0.2) is 328 Å². The number of para-hydroxylation sites is 4. The molecule has 0 radical (unpaired) electrons. The summed E-state index contributed by atoms with van der Waals surface area (Å²) in [6.45, 7) is 6.51. The normalized spacial score (nSPS) is 11.8. The average Bonchev–Trinajstić information content (AvgIpc) is 1.68. The molecule has 7 aromatic heterocycles. The van der Waals surface area contributed by atoms with Crippen LogP contribution in [0.2, 0.25) is 0 Å². The van der Waals surface area contributed by atoms with Gasteiger partial charge in [0.15, 0.2) is 17.5 Å². The van der Waals surface area contributed by atoms with E-state index in [2.05, 4.69) is 318 Å². The van der Waals surface area contributed by atoms with E-state index in [1.807, 2.05) is 48.7 Å². The summed E-state index contributed by atoms with van der Waals surface area (Å²) in [5.41, 5.74) is 26.3. The van der Waals surface area contributed by atoms with Crippen LogP contribution in [0.3, 0.4) is 0 Å². The third-order valence-corrected chi connectivity index (χ3v) is 20.7. The number of rotatable bonds is 11. The molecule has 0 amide bonds. The molecule has 9 heteroatoms. The lowest BCUT2D eigenvalue weighted by atomic mass is 9.83. The molecule has 0 aliphatic heterocycles. The number of nitrogens with zero attached hydrogens (tertiary/aromatic N) is 9. The molecule has 20 aromatic rings. The zero-order valence-electron chi connectivity index (χ0n) is 56.7. The van der Waals surface area contributed by atoms with Gasteiger partial charge >= 0.3 is 0 Å². The Labute approximate surface area is 593 Å². The van der Waals surface area contributed by atoms with E-state index in [-0.39, 0.29) is 0 Å². The minimum atomic E-state index is 0.529. The Kier molecular flexibility index (Phi) is 13.7. The Morgan fingerprint density at radius 2 is 0.602 bits per heavy atom. The van der Waals surface area contributed by atoms with Gasteiger partial charge in [-0.2, -0.15) is 0 Å². The summed E-state index contributed by atoms with van der Waals surface area (Å²) in [5.74, 6) is 2.39. The number of pyridine rings is 2. The Morgan fingerprint density at radius 1 is 0.233 bits per heavy atom. The zero-order valence-corrected chi connectivity index (χ0v) is 56.7. The highest BCUT2D eigenvalue weighted by Gasteiger charge is 2.31. The lowest BCUT2D eigenvalue weighted by Crippen LogP contribution is -2.08. The van der Waals surface area contributed by atoms with E-state index in [4.69, 9.17) is 24.9 Å². The summed E-state index contributed by atoms with van der Waals surface area (Å²) in [6.07, 6.45) is 1.89. The molecule has 0 bridgehead atoms. The SMILES string of the molecule is Cc1ccc2c(c1)c1ccccc1n2-c1ccc(-c2nc(-n3c4ccccc4c4ncccc43)c(-c3ccc(-n4c5ccccc5c5cc(C)ccc54)cc3)c(-c3ccccc3-c3nc(-c4ccccc4)nc(-c4ccccc4)n3)c2-c2ccc(-n3c4ccccc4c4cc(C)ccc43)cc2)cc1. The van der Waals surface area contributed by atoms with Gasteiger partial charge in [-0.1, -0.05) is 229 Å². The lowest BCUT2D eigenvalue weighted by molar-refractivity contribution is 1.07. The number of aromatic nitrogens is 9. The van der Waals surface area contributed by atoms with Crippen molar-refractivity contribution in [3.63, 3.8) is 0 Å². The molecule has 484 valence electrons. The first-order valence-corrected chi connectivity index (χ1v) is 35.0. The predicted molar refractivity (Wildman–Crippen MR) is 425 cm³/mol. The maximum atomic E-state index is 6.34. The summed E-state index contributed by atoms with van der Waals surface area (Å²) >= 11 is 0. The van der Waals surface area contributed by atoms with Crippen LogP contribution in [-0.2, 0) is 0 Å². The fraction of sp³-hybridized carbons (Fsp3) is 0.0319. The molecule has 13 aromatic carbocycles. The fourth-order valence-electron chi connectivity index (χ4n) is 16.0. The van der Waals surface area contributed by atoms with Crippen molar-refractivity contribution in [1.29, 1.82) is 0 Å². The molecule has 0 atom stereocenters. The predicted octanol–water partition coefficient (Wildman–Crippen LogP) is 23.6. The standard InChI is InChI=1S/C94H63N9/c1-58-36-51-82-75(55-58)69-25-12-16-31-78(69)100(82)66-45-39-61(40-46-66)86-88(72-28-10-11-29-73(72)93-98-91(64-21-6-4-7-22-64)97-92(99-93)65-23-8-5-9-24-65)87(62-41-47-67(48-42-62)101-79-32-17-13-26-70(79)76-56-59(2)37-52-83(76)101)94(103-81-34-19-15-30-74(81)90-85(103)35-20-54-95-90)96-89(86)63-43-49-68(50-44-63)102-80-33-18-14-27-71(80)77-57-60(3)38-53-84(77)102/h4-57H,1-3H3. The van der Waals surface area contributed by atoms with Crippen LogP contribution < -0.4 is 0 Å². The minimum absolute atomic E-state index is 0.529. The van der Waals surface area contributed by atoms with Gasteiger partial charge in [-0.3, -0.25) is 9.55 Å². The summed E-state index contributed by atoms with van der Waals surface area (Å²) < 4.78 is 9.54. The molecule has 7 heterocycles. The van der Waals surface area contributed by atoms with E-state index < -0.39 is 0 Å². The molecule has 0 N–H and O–H groups in total. The monoisotopic (exact) mass is 1320 g/mol. The van der Waals surface area contributed by atoms with Crippen LogP contribution in [0.25, 0.3) is 189 Å². The van der Waals surface area contributed by atoms with E-state index in [0.29, 0.717) is 17.5 Å². The fourth-order valence-corrected chi connectivity index (χ4v) is 16.0. The summed E-state index contributed by atoms with van der Waals surface area (Å²) in [4.78, 5) is 27.8. The first kappa shape index (κ1) is 59.4.